The Morgan fingerprint density at radius 3 is 2.81 bits per heavy atom. The second kappa shape index (κ2) is 5.18. The fraction of sp³-hybridized carbons (Fsp3) is 0.300. The van der Waals surface area contributed by atoms with Gasteiger partial charge in [-0.3, -0.25) is 0 Å². The van der Waals surface area contributed by atoms with Crippen LogP contribution in [0.15, 0.2) is 35.0 Å². The highest BCUT2D eigenvalue weighted by atomic mass is 32.2. The van der Waals surface area contributed by atoms with Crippen molar-refractivity contribution in [1.82, 2.24) is 9.71 Å². The van der Waals surface area contributed by atoms with E-state index in [-0.39, 0.29) is 6.54 Å². The lowest BCUT2D eigenvalue weighted by Crippen LogP contribution is -2.25. The molecule has 0 amide bonds. The minimum absolute atomic E-state index is 0.126. The number of halogens is 1. The number of rotatable bonds is 4. The van der Waals surface area contributed by atoms with Gasteiger partial charge in [0.05, 0.1) is 0 Å². The maximum atomic E-state index is 13.2. The van der Waals surface area contributed by atoms with Crippen molar-refractivity contribution in [2.24, 2.45) is 0 Å². The summed E-state index contributed by atoms with van der Waals surface area (Å²) in [6.07, 6.45) is 2.93. The lowest BCUT2D eigenvalue weighted by molar-refractivity contribution is 0.547. The number of nitrogens with one attached hydrogen (secondary N) is 1. The number of aromatic nitrogens is 1. The number of hydrogen-bond donors (Lipinski definition) is 1. The van der Waals surface area contributed by atoms with Gasteiger partial charge in [-0.15, -0.1) is 0 Å². The Bertz CT molecular complexity index is 493. The van der Waals surface area contributed by atoms with Crippen LogP contribution in [0.3, 0.4) is 0 Å². The van der Waals surface area contributed by atoms with E-state index in [0.717, 1.165) is 11.6 Å². The second-order valence-electron chi connectivity index (χ2n) is 3.42. The predicted octanol–water partition coefficient (Wildman–Crippen LogP) is 1.47. The Morgan fingerprint density at radius 1 is 1.56 bits per heavy atom. The summed E-state index contributed by atoms with van der Waals surface area (Å²) in [6.45, 7) is 3.81. The van der Waals surface area contributed by atoms with Gasteiger partial charge in [-0.1, -0.05) is 11.6 Å². The molecule has 0 fully saturated rings. The summed E-state index contributed by atoms with van der Waals surface area (Å²) in [5.41, 5.74) is 0.976. The summed E-state index contributed by atoms with van der Waals surface area (Å²) in [5, 5.41) is -0.572. The van der Waals surface area contributed by atoms with Gasteiger partial charge in [0.2, 0.25) is 5.03 Å². The van der Waals surface area contributed by atoms with Gasteiger partial charge in [-0.2, -0.15) is 0 Å². The molecule has 0 aliphatic carbocycles. The van der Waals surface area contributed by atoms with Gasteiger partial charge in [0.25, 0.3) is 10.0 Å². The van der Waals surface area contributed by atoms with Crippen LogP contribution in [0.1, 0.15) is 13.8 Å². The van der Waals surface area contributed by atoms with Crippen molar-refractivity contribution in [3.63, 3.8) is 0 Å². The molecule has 0 aromatic carbocycles. The topological polar surface area (TPSA) is 59.1 Å². The molecule has 1 aromatic rings. The number of pyridine rings is 1. The Kier molecular flexibility index (Phi) is 4.14. The van der Waals surface area contributed by atoms with Gasteiger partial charge in [-0.25, -0.2) is 22.5 Å². The summed E-state index contributed by atoms with van der Waals surface area (Å²) in [4.78, 5) is 3.50. The van der Waals surface area contributed by atoms with Crippen LogP contribution >= 0.6 is 0 Å². The third-order valence-corrected chi connectivity index (χ3v) is 3.12. The first-order valence-corrected chi connectivity index (χ1v) is 6.15. The molecular formula is C10H13FN2O2S. The number of sulfonamides is 1. The number of nitrogens with zero attached hydrogens (tertiary/aromatic N) is 1. The quantitative estimate of drug-likeness (QED) is 0.816. The van der Waals surface area contributed by atoms with Gasteiger partial charge >= 0.3 is 0 Å². The minimum Gasteiger partial charge on any atom is -0.241 e. The molecule has 0 atom stereocenters. The lowest BCUT2D eigenvalue weighted by atomic mass is 10.3. The zero-order valence-electron chi connectivity index (χ0n) is 9.07. The molecule has 1 rings (SSSR count). The zero-order valence-corrected chi connectivity index (χ0v) is 9.88. The SMILES string of the molecule is CC(C)=CCNS(=O)(=O)c1ncccc1F. The van der Waals surface area contributed by atoms with E-state index in [2.05, 4.69) is 9.71 Å². The summed E-state index contributed by atoms with van der Waals surface area (Å²) in [7, 11) is -3.87. The molecule has 0 spiro atoms. The molecule has 4 nitrogen and oxygen atoms in total. The van der Waals surface area contributed by atoms with Crippen LogP contribution in [-0.4, -0.2) is 19.9 Å². The molecule has 0 saturated heterocycles. The first kappa shape index (κ1) is 12.8. The van der Waals surface area contributed by atoms with Crippen molar-refractivity contribution in [3.05, 3.63) is 35.8 Å². The van der Waals surface area contributed by atoms with Crippen molar-refractivity contribution >= 4 is 10.0 Å². The van der Waals surface area contributed by atoms with Crippen molar-refractivity contribution in [2.75, 3.05) is 6.54 Å². The number of allylic oxidation sites excluding steroid dienone is 1. The molecule has 1 aromatic heterocycles. The van der Waals surface area contributed by atoms with Gasteiger partial charge < -0.3 is 0 Å². The number of hydrogen-bond acceptors (Lipinski definition) is 3. The maximum Gasteiger partial charge on any atom is 0.261 e. The predicted molar refractivity (Wildman–Crippen MR) is 58.8 cm³/mol. The van der Waals surface area contributed by atoms with Crippen LogP contribution in [0.2, 0.25) is 0 Å². The van der Waals surface area contributed by atoms with E-state index in [9.17, 15) is 12.8 Å². The molecule has 0 unspecified atom stereocenters. The molecule has 88 valence electrons. The average molecular weight is 244 g/mol. The molecule has 1 heterocycles. The molecule has 1 N–H and O–H groups in total. The highest BCUT2D eigenvalue weighted by molar-refractivity contribution is 7.89. The van der Waals surface area contributed by atoms with E-state index in [4.69, 9.17) is 0 Å². The fourth-order valence-corrected chi connectivity index (χ4v) is 1.96. The molecule has 16 heavy (non-hydrogen) atoms. The van der Waals surface area contributed by atoms with Crippen LogP contribution in [0.5, 0.6) is 0 Å². The summed E-state index contributed by atoms with van der Waals surface area (Å²) < 4.78 is 38.6. The van der Waals surface area contributed by atoms with E-state index < -0.39 is 20.9 Å². The van der Waals surface area contributed by atoms with Crippen LogP contribution in [0.25, 0.3) is 0 Å². The van der Waals surface area contributed by atoms with Crippen LogP contribution in [-0.2, 0) is 10.0 Å². The lowest BCUT2D eigenvalue weighted by Gasteiger charge is -2.04. The van der Waals surface area contributed by atoms with Crippen molar-refractivity contribution in [2.45, 2.75) is 18.9 Å². The Balaban J connectivity index is 2.87. The average Bonchev–Trinajstić information content (AvgIpc) is 2.17. The summed E-state index contributed by atoms with van der Waals surface area (Å²) in [6, 6.07) is 2.40. The molecule has 0 aliphatic heterocycles. The second-order valence-corrected chi connectivity index (χ2v) is 5.11. The normalized spacial score (nSPS) is 11.2. The van der Waals surface area contributed by atoms with E-state index in [1.807, 2.05) is 13.8 Å². The highest BCUT2D eigenvalue weighted by Gasteiger charge is 2.18. The third-order valence-electron chi connectivity index (χ3n) is 1.76. The fourth-order valence-electron chi connectivity index (χ4n) is 0.993. The molecular weight excluding hydrogens is 231 g/mol. The van der Waals surface area contributed by atoms with Crippen LogP contribution < -0.4 is 4.72 Å². The first-order valence-electron chi connectivity index (χ1n) is 4.67. The smallest absolute Gasteiger partial charge is 0.241 e. The Morgan fingerprint density at radius 2 is 2.25 bits per heavy atom. The molecule has 0 radical (unpaired) electrons. The van der Waals surface area contributed by atoms with Crippen molar-refractivity contribution < 1.29 is 12.8 Å². The molecule has 0 saturated carbocycles. The van der Waals surface area contributed by atoms with Crippen molar-refractivity contribution in [1.29, 1.82) is 0 Å². The molecule has 0 bridgehead atoms. The highest BCUT2D eigenvalue weighted by Crippen LogP contribution is 2.09. The largest absolute Gasteiger partial charge is 0.261 e. The first-order chi connectivity index (χ1) is 7.43. The van der Waals surface area contributed by atoms with E-state index >= 15 is 0 Å². The maximum absolute atomic E-state index is 13.2. The van der Waals surface area contributed by atoms with Gasteiger partial charge in [-0.05, 0) is 26.0 Å². The minimum atomic E-state index is -3.87. The third kappa shape index (κ3) is 3.39. The van der Waals surface area contributed by atoms with E-state index in [1.54, 1.807) is 6.08 Å². The Hall–Kier alpha value is -1.27. The van der Waals surface area contributed by atoms with Crippen LogP contribution in [0, 0.1) is 5.82 Å². The summed E-state index contributed by atoms with van der Waals surface area (Å²) in [5.74, 6) is -0.854. The van der Waals surface area contributed by atoms with Crippen molar-refractivity contribution in [3.8, 4) is 0 Å². The van der Waals surface area contributed by atoms with E-state index in [1.165, 1.54) is 12.3 Å². The van der Waals surface area contributed by atoms with E-state index in [0.29, 0.717) is 0 Å². The Labute approximate surface area is 94.3 Å². The van der Waals surface area contributed by atoms with Crippen LogP contribution in [0.4, 0.5) is 4.39 Å². The zero-order chi connectivity index (χ0) is 12.2. The monoisotopic (exact) mass is 244 g/mol. The standard InChI is InChI=1S/C10H13FN2O2S/c1-8(2)5-7-13-16(14,15)10-9(11)4-3-6-12-10/h3-6,13H,7H2,1-2H3. The van der Waals surface area contributed by atoms with Gasteiger partial charge in [0, 0.05) is 12.7 Å². The molecule has 0 aliphatic rings. The van der Waals surface area contributed by atoms with Gasteiger partial charge in [0.1, 0.15) is 0 Å². The van der Waals surface area contributed by atoms with Gasteiger partial charge in [0.15, 0.2) is 5.82 Å². The summed E-state index contributed by atoms with van der Waals surface area (Å²) >= 11 is 0. The molecule has 6 heteroatoms.